The average molecular weight is 356 g/mol. The van der Waals surface area contributed by atoms with Crippen molar-refractivity contribution in [1.82, 2.24) is 27.6 Å². The molecule has 0 fully saturated rings. The lowest BCUT2D eigenvalue weighted by molar-refractivity contribution is 0.161. The van der Waals surface area contributed by atoms with E-state index in [1.807, 2.05) is 52.3 Å². The number of imidazole rings is 2. The van der Waals surface area contributed by atoms with Gasteiger partial charge < -0.3 is 9.14 Å². The van der Waals surface area contributed by atoms with Gasteiger partial charge in [0.2, 0.25) is 0 Å². The molecule has 4 heterocycles. The fourth-order valence-corrected chi connectivity index (χ4v) is 3.48. The van der Waals surface area contributed by atoms with E-state index in [1.165, 1.54) is 5.57 Å². The zero-order valence-electron chi connectivity index (χ0n) is 14.5. The van der Waals surface area contributed by atoms with Crippen LogP contribution in [0.15, 0.2) is 31.0 Å². The predicted molar refractivity (Wildman–Crippen MR) is 99.0 cm³/mol. The van der Waals surface area contributed by atoms with E-state index in [1.54, 1.807) is 18.5 Å². The lowest BCUT2D eigenvalue weighted by atomic mass is 10.1. The molecule has 0 spiro atoms. The molecule has 4 rings (SSSR count). The first-order chi connectivity index (χ1) is 12.1. The lowest BCUT2D eigenvalue weighted by Gasteiger charge is -2.14. The first-order valence-electron chi connectivity index (χ1n) is 8.14. The molecule has 7 nitrogen and oxygen atoms in total. The maximum Gasteiger partial charge on any atom is 0.165 e. The molecule has 0 radical (unpaired) electrons. The summed E-state index contributed by atoms with van der Waals surface area (Å²) in [4.78, 5) is 14.1. The second kappa shape index (κ2) is 6.62. The zero-order chi connectivity index (χ0) is 17.4. The number of hydrogen-bond acceptors (Lipinski definition) is 6. The van der Waals surface area contributed by atoms with Gasteiger partial charge in [-0.15, -0.1) is 0 Å². The highest BCUT2D eigenvalue weighted by atomic mass is 32.2. The van der Waals surface area contributed by atoms with Gasteiger partial charge in [-0.3, -0.25) is 3.97 Å². The average Bonchev–Trinajstić information content (AvgIpc) is 3.19. The minimum Gasteiger partial charge on any atom is -0.377 e. The van der Waals surface area contributed by atoms with E-state index < -0.39 is 0 Å². The van der Waals surface area contributed by atoms with Gasteiger partial charge in [0, 0.05) is 30.7 Å². The maximum absolute atomic E-state index is 5.42. The van der Waals surface area contributed by atoms with Gasteiger partial charge in [0.25, 0.3) is 0 Å². The van der Waals surface area contributed by atoms with Crippen molar-refractivity contribution in [2.75, 3.05) is 27.3 Å². The Morgan fingerprint density at radius 3 is 2.80 bits per heavy atom. The summed E-state index contributed by atoms with van der Waals surface area (Å²) in [7, 11) is 3.99. The topological polar surface area (TPSA) is 60.5 Å². The number of ether oxygens (including phenoxy) is 1. The van der Waals surface area contributed by atoms with Gasteiger partial charge in [-0.1, -0.05) is 6.08 Å². The van der Waals surface area contributed by atoms with Crippen LogP contribution < -0.4 is 0 Å². The van der Waals surface area contributed by atoms with E-state index in [4.69, 9.17) is 9.72 Å². The molecule has 0 aromatic carbocycles. The molecule has 1 aliphatic heterocycles. The zero-order valence-corrected chi connectivity index (χ0v) is 15.3. The van der Waals surface area contributed by atoms with E-state index in [9.17, 15) is 0 Å². The van der Waals surface area contributed by atoms with Crippen LogP contribution in [0.25, 0.3) is 22.6 Å². The normalized spacial score (nSPS) is 15.1. The molecule has 0 saturated carbocycles. The molecule has 8 heteroatoms. The van der Waals surface area contributed by atoms with Crippen molar-refractivity contribution in [3.8, 4) is 11.4 Å². The van der Waals surface area contributed by atoms with E-state index in [0.717, 1.165) is 41.5 Å². The summed E-state index contributed by atoms with van der Waals surface area (Å²) < 4.78 is 11.4. The largest absolute Gasteiger partial charge is 0.377 e. The molecule has 0 N–H and O–H groups in total. The summed E-state index contributed by atoms with van der Waals surface area (Å²) in [6.07, 6.45) is 10.8. The van der Waals surface area contributed by atoms with Crippen molar-refractivity contribution in [2.24, 2.45) is 0 Å². The number of nitrogens with zero attached hydrogens (tertiary/aromatic N) is 6. The molecular weight excluding hydrogens is 336 g/mol. The fraction of sp³-hybridized carbons (Fsp3) is 0.353. The maximum atomic E-state index is 5.42. The highest BCUT2D eigenvalue weighted by Gasteiger charge is 2.16. The van der Waals surface area contributed by atoms with Gasteiger partial charge in [-0.2, -0.15) is 0 Å². The highest BCUT2D eigenvalue weighted by molar-refractivity contribution is 7.95. The van der Waals surface area contributed by atoms with Crippen LogP contribution in [0.2, 0.25) is 0 Å². The Morgan fingerprint density at radius 2 is 2.04 bits per heavy atom. The van der Waals surface area contributed by atoms with Gasteiger partial charge >= 0.3 is 0 Å². The van der Waals surface area contributed by atoms with Crippen molar-refractivity contribution in [2.45, 2.75) is 13.3 Å². The Hall–Kier alpha value is -2.16. The van der Waals surface area contributed by atoms with Crippen molar-refractivity contribution in [3.05, 3.63) is 42.4 Å². The Kier molecular flexibility index (Phi) is 4.32. The Balaban J connectivity index is 1.83. The first kappa shape index (κ1) is 16.3. The SMILES string of the molecule is Cc1cn2cc(C3=CCOCC3)nc(-c3cn(SN(C)C)cn3)c2n1. The van der Waals surface area contributed by atoms with Gasteiger partial charge in [0.05, 0.1) is 24.6 Å². The molecule has 25 heavy (non-hydrogen) atoms. The fourth-order valence-electron chi connectivity index (χ4n) is 2.87. The summed E-state index contributed by atoms with van der Waals surface area (Å²) >= 11 is 1.56. The monoisotopic (exact) mass is 356 g/mol. The van der Waals surface area contributed by atoms with Crippen LogP contribution >= 0.6 is 12.1 Å². The van der Waals surface area contributed by atoms with E-state index in [-0.39, 0.29) is 0 Å². The van der Waals surface area contributed by atoms with Crippen molar-refractivity contribution in [1.29, 1.82) is 0 Å². The molecule has 0 atom stereocenters. The second-order valence-corrected chi connectivity index (χ2v) is 7.47. The third kappa shape index (κ3) is 3.33. The van der Waals surface area contributed by atoms with Crippen LogP contribution in [0.4, 0.5) is 0 Å². The van der Waals surface area contributed by atoms with Crippen LogP contribution in [0.3, 0.4) is 0 Å². The number of hydrogen-bond donors (Lipinski definition) is 0. The molecule has 1 aliphatic rings. The van der Waals surface area contributed by atoms with Crippen LogP contribution in [-0.2, 0) is 4.74 Å². The third-order valence-corrected chi connectivity index (χ3v) is 4.63. The Labute approximate surface area is 150 Å². The van der Waals surface area contributed by atoms with Gasteiger partial charge in [0.1, 0.15) is 17.7 Å². The summed E-state index contributed by atoms with van der Waals surface area (Å²) in [5, 5.41) is 0. The quantitative estimate of drug-likeness (QED) is 0.670. The first-order valence-corrected chi connectivity index (χ1v) is 8.87. The minimum absolute atomic E-state index is 0.640. The molecule has 0 bridgehead atoms. The Bertz CT molecular complexity index is 942. The van der Waals surface area contributed by atoms with Crippen molar-refractivity contribution < 1.29 is 4.74 Å². The minimum atomic E-state index is 0.640. The van der Waals surface area contributed by atoms with Crippen LogP contribution in [0, 0.1) is 6.92 Å². The van der Waals surface area contributed by atoms with E-state index >= 15 is 0 Å². The van der Waals surface area contributed by atoms with Crippen LogP contribution in [0.1, 0.15) is 17.8 Å². The number of rotatable bonds is 4. The summed E-state index contributed by atoms with van der Waals surface area (Å²) in [5.41, 5.74) is 5.58. The molecular formula is C17H20N6OS. The third-order valence-electron chi connectivity index (χ3n) is 3.91. The number of aryl methyl sites for hydroxylation is 1. The molecule has 130 valence electrons. The Morgan fingerprint density at radius 1 is 1.16 bits per heavy atom. The van der Waals surface area contributed by atoms with E-state index in [2.05, 4.69) is 16.0 Å². The number of fused-ring (bicyclic) bond motifs is 1. The summed E-state index contributed by atoms with van der Waals surface area (Å²) in [6, 6.07) is 0. The molecule has 3 aromatic rings. The van der Waals surface area contributed by atoms with Gasteiger partial charge in [0.15, 0.2) is 5.65 Å². The molecule has 0 aliphatic carbocycles. The van der Waals surface area contributed by atoms with Gasteiger partial charge in [-0.25, -0.2) is 19.3 Å². The lowest BCUT2D eigenvalue weighted by Crippen LogP contribution is -2.06. The molecule has 0 saturated heterocycles. The van der Waals surface area contributed by atoms with Crippen LogP contribution in [0.5, 0.6) is 0 Å². The summed E-state index contributed by atoms with van der Waals surface area (Å²) in [6.45, 7) is 3.37. The highest BCUT2D eigenvalue weighted by Crippen LogP contribution is 2.27. The van der Waals surface area contributed by atoms with E-state index in [0.29, 0.717) is 6.61 Å². The summed E-state index contributed by atoms with van der Waals surface area (Å²) in [5.74, 6) is 0. The standard InChI is InChI=1S/C17H20N6OS/c1-12-8-22-9-14(13-4-6-24-7-5-13)20-16(17(22)19-12)15-10-23(11-18-15)25-21(2)3/h4,8-11H,5-7H2,1-3H3. The molecule has 3 aromatic heterocycles. The number of aromatic nitrogens is 5. The van der Waals surface area contributed by atoms with Crippen LogP contribution in [-0.4, -0.2) is 54.9 Å². The second-order valence-electron chi connectivity index (χ2n) is 6.15. The van der Waals surface area contributed by atoms with Crippen molar-refractivity contribution >= 4 is 23.4 Å². The van der Waals surface area contributed by atoms with Gasteiger partial charge in [-0.05, 0) is 33.0 Å². The predicted octanol–water partition coefficient (Wildman–Crippen LogP) is 2.68. The molecule has 0 amide bonds. The smallest absolute Gasteiger partial charge is 0.165 e. The van der Waals surface area contributed by atoms with Crippen molar-refractivity contribution in [3.63, 3.8) is 0 Å². The molecule has 0 unspecified atom stereocenters.